The summed E-state index contributed by atoms with van der Waals surface area (Å²) in [5.41, 5.74) is 7.51. The summed E-state index contributed by atoms with van der Waals surface area (Å²) in [7, 11) is 2.04. The van der Waals surface area contributed by atoms with Crippen molar-refractivity contribution in [1.29, 1.82) is 0 Å². The lowest BCUT2D eigenvalue weighted by Gasteiger charge is -2.12. The Balaban J connectivity index is 2.02. The van der Waals surface area contributed by atoms with Gasteiger partial charge in [0.2, 0.25) is 5.65 Å². The van der Waals surface area contributed by atoms with Crippen LogP contribution in [0.1, 0.15) is 22.5 Å². The van der Waals surface area contributed by atoms with Crippen molar-refractivity contribution in [1.82, 2.24) is 9.55 Å². The number of hydrogen-bond donors (Lipinski definition) is 0. The number of hydrogen-bond acceptors (Lipinski definition) is 1. The summed E-state index contributed by atoms with van der Waals surface area (Å²) in [6, 6.07) is 12.9. The van der Waals surface area contributed by atoms with Crippen LogP contribution in [0.25, 0.3) is 27.6 Å². The van der Waals surface area contributed by atoms with Gasteiger partial charge in [0.15, 0.2) is 5.82 Å². The molecule has 0 N–H and O–H groups in total. The Morgan fingerprint density at radius 1 is 1.13 bits per heavy atom. The second-order valence-corrected chi connectivity index (χ2v) is 6.45. The van der Waals surface area contributed by atoms with Crippen molar-refractivity contribution in [2.24, 2.45) is 7.05 Å². The lowest BCUT2D eigenvalue weighted by Crippen LogP contribution is -2.30. The molecular formula is C20H17N3. The van der Waals surface area contributed by atoms with Crippen molar-refractivity contribution in [2.45, 2.75) is 20.3 Å². The van der Waals surface area contributed by atoms with Crippen LogP contribution in [0.2, 0.25) is 0 Å². The van der Waals surface area contributed by atoms with Gasteiger partial charge in [-0.2, -0.15) is 0 Å². The third-order valence-corrected chi connectivity index (χ3v) is 5.12. The molecule has 5 rings (SSSR count). The van der Waals surface area contributed by atoms with E-state index in [1.807, 2.05) is 23.7 Å². The predicted octanol–water partition coefficient (Wildman–Crippen LogP) is 3.32. The lowest BCUT2D eigenvalue weighted by atomic mass is 9.97. The van der Waals surface area contributed by atoms with Gasteiger partial charge in [-0.3, -0.25) is 0 Å². The third-order valence-electron chi connectivity index (χ3n) is 5.12. The zero-order valence-electron chi connectivity index (χ0n) is 13.5. The van der Waals surface area contributed by atoms with Gasteiger partial charge < -0.3 is 4.57 Å². The molecule has 112 valence electrons. The van der Waals surface area contributed by atoms with Crippen LogP contribution in [-0.4, -0.2) is 9.55 Å². The van der Waals surface area contributed by atoms with Gasteiger partial charge in [-0.25, -0.2) is 9.55 Å². The Morgan fingerprint density at radius 3 is 2.83 bits per heavy atom. The van der Waals surface area contributed by atoms with E-state index < -0.39 is 0 Å². The molecule has 0 atom stereocenters. The number of rotatable bonds is 0. The van der Waals surface area contributed by atoms with Gasteiger partial charge in [-0.1, -0.05) is 24.3 Å². The molecular weight excluding hydrogens is 282 g/mol. The van der Waals surface area contributed by atoms with E-state index in [0.29, 0.717) is 0 Å². The summed E-state index contributed by atoms with van der Waals surface area (Å²) < 4.78 is 4.38. The molecule has 0 bridgehead atoms. The molecule has 2 aromatic heterocycles. The predicted molar refractivity (Wildman–Crippen MR) is 90.9 cm³/mol. The Kier molecular flexibility index (Phi) is 2.34. The van der Waals surface area contributed by atoms with Gasteiger partial charge in [0, 0.05) is 22.7 Å². The lowest BCUT2D eigenvalue weighted by molar-refractivity contribution is -0.651. The van der Waals surface area contributed by atoms with E-state index in [4.69, 9.17) is 4.98 Å². The highest BCUT2D eigenvalue weighted by atomic mass is 15.2. The number of nitrogens with zero attached hydrogens (tertiary/aromatic N) is 3. The van der Waals surface area contributed by atoms with Crippen molar-refractivity contribution >= 4 is 21.9 Å². The molecule has 0 amide bonds. The molecule has 0 spiro atoms. The number of aryl methyl sites for hydroxylation is 3. The molecule has 3 nitrogen and oxygen atoms in total. The van der Waals surface area contributed by atoms with Crippen molar-refractivity contribution < 1.29 is 4.57 Å². The van der Waals surface area contributed by atoms with Crippen LogP contribution in [-0.2, 0) is 13.5 Å². The molecule has 1 aliphatic heterocycles. The zero-order chi connectivity index (χ0) is 15.7. The van der Waals surface area contributed by atoms with Gasteiger partial charge in [0.1, 0.15) is 5.69 Å². The molecule has 3 heterocycles. The first-order valence-electron chi connectivity index (χ1n) is 7.95. The highest BCUT2D eigenvalue weighted by Gasteiger charge is 2.29. The monoisotopic (exact) mass is 299 g/mol. The van der Waals surface area contributed by atoms with Crippen molar-refractivity contribution in [2.75, 3.05) is 0 Å². The van der Waals surface area contributed by atoms with Crippen LogP contribution in [0, 0.1) is 20.0 Å². The molecule has 3 heteroatoms. The SMILES string of the molecule is Cc1ccc2ccc3c(c2c1C)-n1c(nc2cc[c-][n+](C)c21)C3. The maximum atomic E-state index is 4.85. The first kappa shape index (κ1) is 12.8. The van der Waals surface area contributed by atoms with E-state index in [9.17, 15) is 0 Å². The fraction of sp³-hybridized carbons (Fsp3) is 0.200. The highest BCUT2D eigenvalue weighted by molar-refractivity contribution is 5.97. The molecule has 4 aromatic rings. The molecule has 0 aliphatic carbocycles. The normalized spacial score (nSPS) is 12.8. The molecule has 0 unspecified atom stereocenters. The van der Waals surface area contributed by atoms with E-state index in [1.54, 1.807) is 0 Å². The highest BCUT2D eigenvalue weighted by Crippen LogP contribution is 2.38. The fourth-order valence-electron chi connectivity index (χ4n) is 3.84. The van der Waals surface area contributed by atoms with Gasteiger partial charge in [-0.15, -0.1) is 12.1 Å². The molecule has 23 heavy (non-hydrogen) atoms. The molecule has 0 radical (unpaired) electrons. The van der Waals surface area contributed by atoms with Gasteiger partial charge in [0.25, 0.3) is 0 Å². The first-order chi connectivity index (χ1) is 11.1. The Hall–Kier alpha value is -2.68. The summed E-state index contributed by atoms with van der Waals surface area (Å²) in [6.45, 7) is 4.41. The number of aromatic nitrogens is 3. The Labute approximate surface area is 134 Å². The minimum absolute atomic E-state index is 0.896. The average Bonchev–Trinajstić information content (AvgIpc) is 3.06. The summed E-state index contributed by atoms with van der Waals surface area (Å²) >= 11 is 0. The number of pyridine rings is 1. The Morgan fingerprint density at radius 2 is 1.96 bits per heavy atom. The largest absolute Gasteiger partial charge is 0.342 e. The Bertz CT molecular complexity index is 1120. The molecule has 1 aliphatic rings. The summed E-state index contributed by atoms with van der Waals surface area (Å²) in [6.07, 6.45) is 4.15. The van der Waals surface area contributed by atoms with E-state index in [1.165, 1.54) is 33.2 Å². The first-order valence-corrected chi connectivity index (χ1v) is 7.95. The molecule has 0 saturated carbocycles. The summed E-state index contributed by atoms with van der Waals surface area (Å²) in [5, 5.41) is 2.65. The standard InChI is InChI=1S/C20H17N3/c1-12-6-7-14-8-9-15-11-17-21-16-5-4-10-22(3)20(16)23(17)19(15)18(14)13(12)2/h4-9H,11H2,1-3H3. The van der Waals surface area contributed by atoms with E-state index in [2.05, 4.69) is 48.9 Å². The summed E-state index contributed by atoms with van der Waals surface area (Å²) in [4.78, 5) is 4.85. The van der Waals surface area contributed by atoms with E-state index >= 15 is 0 Å². The topological polar surface area (TPSA) is 21.7 Å². The number of imidazole rings is 1. The van der Waals surface area contributed by atoms with Crippen LogP contribution in [0.4, 0.5) is 0 Å². The minimum atomic E-state index is 0.896. The minimum Gasteiger partial charge on any atom is -0.342 e. The van der Waals surface area contributed by atoms with Gasteiger partial charge in [0.05, 0.1) is 13.5 Å². The van der Waals surface area contributed by atoms with Crippen molar-refractivity contribution in [3.63, 3.8) is 0 Å². The van der Waals surface area contributed by atoms with Crippen LogP contribution in [0.3, 0.4) is 0 Å². The second kappa shape index (κ2) is 4.19. The van der Waals surface area contributed by atoms with Crippen molar-refractivity contribution in [3.05, 3.63) is 65.1 Å². The van der Waals surface area contributed by atoms with Gasteiger partial charge in [-0.05, 0) is 30.4 Å². The van der Waals surface area contributed by atoms with Crippen LogP contribution < -0.4 is 4.57 Å². The van der Waals surface area contributed by atoms with Gasteiger partial charge >= 0.3 is 0 Å². The van der Waals surface area contributed by atoms with Crippen LogP contribution in [0.5, 0.6) is 0 Å². The zero-order valence-corrected chi connectivity index (χ0v) is 13.5. The maximum absolute atomic E-state index is 4.85. The van der Waals surface area contributed by atoms with Crippen molar-refractivity contribution in [3.8, 4) is 5.69 Å². The number of fused-ring (bicyclic) bond motifs is 7. The fourth-order valence-corrected chi connectivity index (χ4v) is 3.84. The van der Waals surface area contributed by atoms with Crippen LogP contribution >= 0.6 is 0 Å². The second-order valence-electron chi connectivity index (χ2n) is 6.45. The molecule has 0 fully saturated rings. The third kappa shape index (κ3) is 1.54. The van der Waals surface area contributed by atoms with E-state index in [0.717, 1.165) is 23.4 Å². The average molecular weight is 299 g/mol. The molecule has 2 aromatic carbocycles. The smallest absolute Gasteiger partial charge is 0.205 e. The van der Waals surface area contributed by atoms with E-state index in [-0.39, 0.29) is 0 Å². The summed E-state index contributed by atoms with van der Waals surface area (Å²) in [5.74, 6) is 1.12. The number of benzene rings is 2. The van der Waals surface area contributed by atoms with Crippen LogP contribution in [0.15, 0.2) is 36.4 Å². The quantitative estimate of drug-likeness (QED) is 0.317. The molecule has 0 saturated heterocycles. The maximum Gasteiger partial charge on any atom is 0.205 e.